The Morgan fingerprint density at radius 2 is 1.70 bits per heavy atom. The van der Waals surface area contributed by atoms with Crippen LogP contribution in [-0.2, 0) is 10.0 Å². The van der Waals surface area contributed by atoms with Crippen LogP contribution in [0.5, 0.6) is 0 Å². The van der Waals surface area contributed by atoms with E-state index in [-0.39, 0.29) is 11.7 Å². The standard InChI is InChI=1S/C16H15IN2O3S/c17-13-4-6-14(7-5-13)18-16(20)12-2-8-15(9-3-12)19-10-1-11-23(19,21)22/h2-9H,1,10-11H2,(H,18,20). The number of hydrogen-bond donors (Lipinski definition) is 1. The smallest absolute Gasteiger partial charge is 0.255 e. The Bertz CT molecular complexity index is 817. The van der Waals surface area contributed by atoms with Gasteiger partial charge in [-0.25, -0.2) is 8.42 Å². The molecule has 1 heterocycles. The molecule has 0 atom stereocenters. The molecule has 120 valence electrons. The SMILES string of the molecule is O=C(Nc1ccc(I)cc1)c1ccc(N2CCCS2(=O)=O)cc1. The number of nitrogens with one attached hydrogen (secondary N) is 1. The van der Waals surface area contributed by atoms with Crippen LogP contribution >= 0.6 is 22.6 Å². The summed E-state index contributed by atoms with van der Waals surface area (Å²) >= 11 is 2.20. The van der Waals surface area contributed by atoms with Crippen LogP contribution in [0.2, 0.25) is 0 Å². The molecule has 2 aromatic carbocycles. The van der Waals surface area contributed by atoms with E-state index in [9.17, 15) is 13.2 Å². The number of rotatable bonds is 3. The maximum atomic E-state index is 12.2. The Morgan fingerprint density at radius 3 is 2.26 bits per heavy atom. The Morgan fingerprint density at radius 1 is 1.04 bits per heavy atom. The van der Waals surface area contributed by atoms with Crippen molar-refractivity contribution in [3.63, 3.8) is 0 Å². The van der Waals surface area contributed by atoms with Gasteiger partial charge in [-0.05, 0) is 77.5 Å². The molecule has 1 fully saturated rings. The molecule has 23 heavy (non-hydrogen) atoms. The highest BCUT2D eigenvalue weighted by Gasteiger charge is 2.28. The lowest BCUT2D eigenvalue weighted by atomic mass is 10.2. The average Bonchev–Trinajstić information content (AvgIpc) is 2.89. The number of halogens is 1. The molecule has 1 aliphatic heterocycles. The second-order valence-electron chi connectivity index (χ2n) is 5.25. The van der Waals surface area contributed by atoms with Gasteiger partial charge >= 0.3 is 0 Å². The Kier molecular flexibility index (Phi) is 4.58. The van der Waals surface area contributed by atoms with Gasteiger partial charge in [-0.3, -0.25) is 9.10 Å². The van der Waals surface area contributed by atoms with Crippen molar-refractivity contribution in [2.75, 3.05) is 21.9 Å². The first kappa shape index (κ1) is 16.3. The van der Waals surface area contributed by atoms with E-state index in [2.05, 4.69) is 27.9 Å². The Labute approximate surface area is 148 Å². The van der Waals surface area contributed by atoms with Gasteiger partial charge in [0.2, 0.25) is 10.0 Å². The molecular weight excluding hydrogens is 427 g/mol. The molecule has 0 aromatic heterocycles. The van der Waals surface area contributed by atoms with Crippen molar-refractivity contribution in [1.82, 2.24) is 0 Å². The molecule has 1 aliphatic rings. The van der Waals surface area contributed by atoms with Crippen LogP contribution in [-0.4, -0.2) is 26.6 Å². The summed E-state index contributed by atoms with van der Waals surface area (Å²) in [6.45, 7) is 0.497. The molecule has 0 bridgehead atoms. The van der Waals surface area contributed by atoms with E-state index in [1.165, 1.54) is 4.31 Å². The van der Waals surface area contributed by atoms with Crippen molar-refractivity contribution in [1.29, 1.82) is 0 Å². The van der Waals surface area contributed by atoms with Crippen molar-refractivity contribution >= 4 is 49.9 Å². The van der Waals surface area contributed by atoms with E-state index in [0.717, 1.165) is 9.26 Å². The van der Waals surface area contributed by atoms with Gasteiger partial charge in [0.1, 0.15) is 0 Å². The molecule has 0 saturated carbocycles. The summed E-state index contributed by atoms with van der Waals surface area (Å²) in [6.07, 6.45) is 0.636. The number of carbonyl (C=O) groups excluding carboxylic acids is 1. The predicted molar refractivity (Wildman–Crippen MR) is 99.3 cm³/mol. The van der Waals surface area contributed by atoms with Crippen molar-refractivity contribution < 1.29 is 13.2 Å². The highest BCUT2D eigenvalue weighted by molar-refractivity contribution is 14.1. The quantitative estimate of drug-likeness (QED) is 0.744. The normalized spacial score (nSPS) is 16.3. The monoisotopic (exact) mass is 442 g/mol. The maximum Gasteiger partial charge on any atom is 0.255 e. The molecule has 2 aromatic rings. The van der Waals surface area contributed by atoms with Crippen LogP contribution in [0.15, 0.2) is 48.5 Å². The first-order valence-electron chi connectivity index (χ1n) is 7.13. The zero-order valence-corrected chi connectivity index (χ0v) is 15.2. The molecule has 1 N–H and O–H groups in total. The maximum absolute atomic E-state index is 12.2. The van der Waals surface area contributed by atoms with Crippen LogP contribution in [0, 0.1) is 3.57 Å². The highest BCUT2D eigenvalue weighted by Crippen LogP contribution is 2.24. The van der Waals surface area contributed by atoms with Crippen LogP contribution < -0.4 is 9.62 Å². The Hall–Kier alpha value is -1.61. The fourth-order valence-electron chi connectivity index (χ4n) is 2.45. The zero-order valence-electron chi connectivity index (χ0n) is 12.2. The second kappa shape index (κ2) is 6.48. The third-order valence-corrected chi connectivity index (χ3v) is 6.21. The van der Waals surface area contributed by atoms with Gasteiger partial charge in [0.05, 0.1) is 11.4 Å². The van der Waals surface area contributed by atoms with E-state index in [4.69, 9.17) is 0 Å². The minimum atomic E-state index is -3.19. The van der Waals surface area contributed by atoms with Gasteiger partial charge in [-0.15, -0.1) is 0 Å². The summed E-state index contributed by atoms with van der Waals surface area (Å²) in [5, 5.41) is 2.82. The second-order valence-corrected chi connectivity index (χ2v) is 8.51. The summed E-state index contributed by atoms with van der Waals surface area (Å²) in [7, 11) is -3.19. The van der Waals surface area contributed by atoms with Crippen LogP contribution in [0.3, 0.4) is 0 Å². The average molecular weight is 442 g/mol. The highest BCUT2D eigenvalue weighted by atomic mass is 127. The molecule has 5 nitrogen and oxygen atoms in total. The van der Waals surface area contributed by atoms with Crippen molar-refractivity contribution in [3.8, 4) is 0 Å². The molecule has 3 rings (SSSR count). The lowest BCUT2D eigenvalue weighted by molar-refractivity contribution is 0.102. The summed E-state index contributed by atoms with van der Waals surface area (Å²) in [4.78, 5) is 12.2. The topological polar surface area (TPSA) is 66.5 Å². The van der Waals surface area contributed by atoms with E-state index in [0.29, 0.717) is 24.2 Å². The molecule has 7 heteroatoms. The minimum absolute atomic E-state index is 0.183. The lowest BCUT2D eigenvalue weighted by Crippen LogP contribution is -2.25. The third kappa shape index (κ3) is 3.66. The largest absolute Gasteiger partial charge is 0.322 e. The fraction of sp³-hybridized carbons (Fsp3) is 0.188. The number of anilines is 2. The summed E-state index contributed by atoms with van der Waals surface area (Å²) in [5.41, 5.74) is 1.82. The van der Waals surface area contributed by atoms with E-state index in [1.807, 2.05) is 24.3 Å². The number of sulfonamides is 1. The number of amides is 1. The molecule has 0 aliphatic carbocycles. The van der Waals surface area contributed by atoms with E-state index in [1.54, 1.807) is 24.3 Å². The summed E-state index contributed by atoms with van der Waals surface area (Å²) < 4.78 is 26.3. The number of hydrogen-bond acceptors (Lipinski definition) is 3. The molecule has 1 saturated heterocycles. The first-order valence-corrected chi connectivity index (χ1v) is 9.82. The summed E-state index contributed by atoms with van der Waals surface area (Å²) in [5.74, 6) is -0.0378. The first-order chi connectivity index (χ1) is 11.0. The third-order valence-electron chi connectivity index (χ3n) is 3.62. The van der Waals surface area contributed by atoms with Crippen molar-refractivity contribution in [3.05, 3.63) is 57.7 Å². The minimum Gasteiger partial charge on any atom is -0.322 e. The molecule has 0 radical (unpaired) electrons. The van der Waals surface area contributed by atoms with Crippen molar-refractivity contribution in [2.45, 2.75) is 6.42 Å². The lowest BCUT2D eigenvalue weighted by Gasteiger charge is -2.17. The number of carbonyl (C=O) groups is 1. The van der Waals surface area contributed by atoms with Crippen LogP contribution in [0.4, 0.5) is 11.4 Å². The number of nitrogens with zero attached hydrogens (tertiary/aromatic N) is 1. The van der Waals surface area contributed by atoms with E-state index >= 15 is 0 Å². The van der Waals surface area contributed by atoms with Crippen molar-refractivity contribution in [2.24, 2.45) is 0 Å². The van der Waals surface area contributed by atoms with Crippen LogP contribution in [0.25, 0.3) is 0 Å². The summed E-state index contributed by atoms with van der Waals surface area (Å²) in [6, 6.07) is 14.1. The van der Waals surface area contributed by atoms with Gasteiger partial charge < -0.3 is 5.32 Å². The van der Waals surface area contributed by atoms with Crippen LogP contribution in [0.1, 0.15) is 16.8 Å². The molecule has 1 amide bonds. The zero-order chi connectivity index (χ0) is 16.4. The molecule has 0 spiro atoms. The Balaban J connectivity index is 1.74. The van der Waals surface area contributed by atoms with Gasteiger partial charge in [0, 0.05) is 21.4 Å². The molecule has 0 unspecified atom stereocenters. The molecular formula is C16H15IN2O3S. The van der Waals surface area contributed by atoms with Gasteiger partial charge in [0.25, 0.3) is 5.91 Å². The predicted octanol–water partition coefficient (Wildman–Crippen LogP) is 3.08. The number of benzene rings is 2. The van der Waals surface area contributed by atoms with Gasteiger partial charge in [0.15, 0.2) is 0 Å². The fourth-order valence-corrected chi connectivity index (χ4v) is 4.37. The van der Waals surface area contributed by atoms with Gasteiger partial charge in [-0.2, -0.15) is 0 Å². The van der Waals surface area contributed by atoms with E-state index < -0.39 is 10.0 Å². The van der Waals surface area contributed by atoms with Gasteiger partial charge in [-0.1, -0.05) is 0 Å².